The molecule has 3 nitrogen and oxygen atoms in total. The molecule has 2 heterocycles. The zero-order valence-electron chi connectivity index (χ0n) is 14.7. The Morgan fingerprint density at radius 2 is 1.96 bits per heavy atom. The van der Waals surface area contributed by atoms with E-state index in [1.807, 2.05) is 36.4 Å². The summed E-state index contributed by atoms with van der Waals surface area (Å²) in [6.45, 7) is 0.606. The van der Waals surface area contributed by atoms with E-state index in [9.17, 15) is 4.79 Å². The molecule has 0 N–H and O–H groups in total. The summed E-state index contributed by atoms with van der Waals surface area (Å²) in [5, 5.41) is 1.18. The number of anilines is 1. The Bertz CT molecular complexity index is 1020. The van der Waals surface area contributed by atoms with Gasteiger partial charge < -0.3 is 9.64 Å². The standard InChI is InChI=1S/C21H17BrClNO2S/c1-24(17-8-4-3-7-16(17)23)21(25)20-15(12-22)13-10-11-26-18-9-5-2-6-14(18)19(13)27-20/h2-9H,10-12H2,1H3. The van der Waals surface area contributed by atoms with Crippen molar-refractivity contribution in [1.82, 2.24) is 0 Å². The van der Waals surface area contributed by atoms with Crippen molar-refractivity contribution >= 4 is 50.5 Å². The summed E-state index contributed by atoms with van der Waals surface area (Å²) < 4.78 is 5.90. The molecular weight excluding hydrogens is 446 g/mol. The predicted molar refractivity (Wildman–Crippen MR) is 116 cm³/mol. The van der Waals surface area contributed by atoms with Crippen LogP contribution in [0.5, 0.6) is 5.75 Å². The number of hydrogen-bond donors (Lipinski definition) is 0. The average molecular weight is 463 g/mol. The minimum absolute atomic E-state index is 0.0472. The van der Waals surface area contributed by atoms with E-state index < -0.39 is 0 Å². The van der Waals surface area contributed by atoms with E-state index in [1.165, 1.54) is 16.9 Å². The summed E-state index contributed by atoms with van der Waals surface area (Å²) in [6.07, 6.45) is 0.782. The van der Waals surface area contributed by atoms with Crippen LogP contribution in [0.25, 0.3) is 10.4 Å². The van der Waals surface area contributed by atoms with Crippen LogP contribution in [0.2, 0.25) is 5.02 Å². The summed E-state index contributed by atoms with van der Waals surface area (Å²) in [5.74, 6) is 0.825. The number of rotatable bonds is 3. The Morgan fingerprint density at radius 3 is 2.74 bits per heavy atom. The predicted octanol–water partition coefficient (Wildman–Crippen LogP) is 6.17. The van der Waals surface area contributed by atoms with Crippen LogP contribution in [-0.2, 0) is 11.8 Å². The number of fused-ring (bicyclic) bond motifs is 3. The molecule has 2 aromatic carbocycles. The van der Waals surface area contributed by atoms with Gasteiger partial charge in [0.15, 0.2) is 0 Å². The van der Waals surface area contributed by atoms with Crippen LogP contribution in [0.1, 0.15) is 20.8 Å². The number of alkyl halides is 1. The first-order valence-electron chi connectivity index (χ1n) is 8.57. The molecular formula is C21H17BrClNO2S. The molecule has 0 saturated carbocycles. The number of hydrogen-bond acceptors (Lipinski definition) is 3. The largest absolute Gasteiger partial charge is 0.493 e. The van der Waals surface area contributed by atoms with Crippen LogP contribution in [0.3, 0.4) is 0 Å². The second-order valence-electron chi connectivity index (χ2n) is 6.26. The summed E-state index contributed by atoms with van der Waals surface area (Å²) in [4.78, 5) is 16.8. The van der Waals surface area contributed by atoms with Gasteiger partial charge in [0.25, 0.3) is 5.91 Å². The molecule has 27 heavy (non-hydrogen) atoms. The zero-order valence-corrected chi connectivity index (χ0v) is 17.8. The smallest absolute Gasteiger partial charge is 0.268 e. The number of halogens is 2. The monoisotopic (exact) mass is 461 g/mol. The van der Waals surface area contributed by atoms with Gasteiger partial charge in [0.2, 0.25) is 0 Å². The van der Waals surface area contributed by atoms with Crippen LogP contribution in [0.4, 0.5) is 5.69 Å². The van der Waals surface area contributed by atoms with Crippen LogP contribution in [0.15, 0.2) is 48.5 Å². The Hall–Kier alpha value is -1.82. The van der Waals surface area contributed by atoms with Crippen LogP contribution in [-0.4, -0.2) is 19.6 Å². The molecule has 138 valence electrons. The van der Waals surface area contributed by atoms with Crippen molar-refractivity contribution in [3.05, 3.63) is 69.6 Å². The minimum Gasteiger partial charge on any atom is -0.493 e. The van der Waals surface area contributed by atoms with Gasteiger partial charge in [-0.2, -0.15) is 0 Å². The van der Waals surface area contributed by atoms with Gasteiger partial charge in [-0.1, -0.05) is 51.8 Å². The van der Waals surface area contributed by atoms with Gasteiger partial charge >= 0.3 is 0 Å². The molecule has 0 radical (unpaired) electrons. The highest BCUT2D eigenvalue weighted by Gasteiger charge is 2.28. The number of benzene rings is 2. The second-order valence-corrected chi connectivity index (χ2v) is 8.25. The third kappa shape index (κ3) is 3.28. The normalized spacial score (nSPS) is 12.6. The third-order valence-electron chi connectivity index (χ3n) is 4.70. The Morgan fingerprint density at radius 1 is 1.22 bits per heavy atom. The van der Waals surface area contributed by atoms with Gasteiger partial charge in [-0.15, -0.1) is 11.3 Å². The Balaban J connectivity index is 1.82. The quantitative estimate of drug-likeness (QED) is 0.435. The fraction of sp³-hybridized carbons (Fsp3) is 0.190. The lowest BCUT2D eigenvalue weighted by Gasteiger charge is -2.18. The Kier molecular flexibility index (Phi) is 5.26. The number of nitrogens with zero attached hydrogens (tertiary/aromatic N) is 1. The maximum absolute atomic E-state index is 13.3. The van der Waals surface area contributed by atoms with Crippen molar-refractivity contribution in [3.8, 4) is 16.2 Å². The molecule has 1 aliphatic rings. The summed E-state index contributed by atoms with van der Waals surface area (Å²) in [6, 6.07) is 15.4. The van der Waals surface area contributed by atoms with Crippen LogP contribution in [0, 0.1) is 0 Å². The van der Waals surface area contributed by atoms with Gasteiger partial charge in [-0.3, -0.25) is 4.79 Å². The van der Waals surface area contributed by atoms with E-state index in [0.717, 1.165) is 33.1 Å². The fourth-order valence-corrected chi connectivity index (χ4v) is 5.76. The summed E-state index contributed by atoms with van der Waals surface area (Å²) in [7, 11) is 1.77. The second kappa shape index (κ2) is 7.66. The molecule has 4 rings (SSSR count). The molecule has 3 aromatic rings. The lowest BCUT2D eigenvalue weighted by Crippen LogP contribution is -2.26. The highest BCUT2D eigenvalue weighted by molar-refractivity contribution is 9.08. The van der Waals surface area contributed by atoms with Gasteiger partial charge in [0, 0.05) is 29.2 Å². The molecule has 0 unspecified atom stereocenters. The number of amides is 1. The van der Waals surface area contributed by atoms with Gasteiger partial charge in [-0.25, -0.2) is 0 Å². The van der Waals surface area contributed by atoms with Crippen molar-refractivity contribution in [2.24, 2.45) is 0 Å². The lowest BCUT2D eigenvalue weighted by molar-refractivity contribution is 0.0996. The molecule has 1 aromatic heterocycles. The van der Waals surface area contributed by atoms with E-state index in [-0.39, 0.29) is 5.91 Å². The van der Waals surface area contributed by atoms with Crippen molar-refractivity contribution in [2.75, 3.05) is 18.6 Å². The molecule has 0 atom stereocenters. The van der Waals surface area contributed by atoms with Gasteiger partial charge in [-0.05, 0) is 35.4 Å². The molecule has 6 heteroatoms. The topological polar surface area (TPSA) is 29.5 Å². The van der Waals surface area contributed by atoms with Gasteiger partial charge in [0.1, 0.15) is 5.75 Å². The van der Waals surface area contributed by atoms with E-state index in [2.05, 4.69) is 22.0 Å². The highest BCUT2D eigenvalue weighted by atomic mass is 79.9. The summed E-state index contributed by atoms with van der Waals surface area (Å²) >= 11 is 11.4. The van der Waals surface area contributed by atoms with Crippen molar-refractivity contribution < 1.29 is 9.53 Å². The number of para-hydroxylation sites is 2. The highest BCUT2D eigenvalue weighted by Crippen LogP contribution is 2.44. The molecule has 0 aliphatic carbocycles. The van der Waals surface area contributed by atoms with Crippen molar-refractivity contribution in [3.63, 3.8) is 0 Å². The van der Waals surface area contributed by atoms with Crippen LogP contribution >= 0.6 is 38.9 Å². The van der Waals surface area contributed by atoms with Gasteiger partial charge in [0.05, 0.1) is 22.2 Å². The number of thiophene rings is 1. The number of carbonyl (C=O) groups excluding carboxylic acids is 1. The Labute approximate surface area is 175 Å². The van der Waals surface area contributed by atoms with E-state index in [1.54, 1.807) is 18.0 Å². The maximum Gasteiger partial charge on any atom is 0.268 e. The summed E-state index contributed by atoms with van der Waals surface area (Å²) in [5.41, 5.74) is 3.99. The first-order chi connectivity index (χ1) is 13.1. The van der Waals surface area contributed by atoms with E-state index in [4.69, 9.17) is 16.3 Å². The number of ether oxygens (including phenoxy) is 1. The molecule has 0 bridgehead atoms. The molecule has 0 saturated heterocycles. The first kappa shape index (κ1) is 18.5. The molecule has 0 spiro atoms. The zero-order chi connectivity index (χ0) is 19.0. The fourth-order valence-electron chi connectivity index (χ4n) is 3.32. The average Bonchev–Trinajstić information content (AvgIpc) is 2.96. The third-order valence-corrected chi connectivity index (χ3v) is 6.88. The first-order valence-corrected chi connectivity index (χ1v) is 10.9. The maximum atomic E-state index is 13.3. The molecule has 0 fully saturated rings. The SMILES string of the molecule is CN(C(=O)c1sc2c(c1CBr)CCOc1ccccc1-2)c1ccccc1Cl. The van der Waals surface area contributed by atoms with E-state index >= 15 is 0 Å². The van der Waals surface area contributed by atoms with Crippen molar-refractivity contribution in [1.29, 1.82) is 0 Å². The molecule has 1 amide bonds. The minimum atomic E-state index is -0.0472. The van der Waals surface area contributed by atoms with Crippen molar-refractivity contribution in [2.45, 2.75) is 11.8 Å². The number of carbonyl (C=O) groups is 1. The molecule has 1 aliphatic heterocycles. The lowest BCUT2D eigenvalue weighted by atomic mass is 10.0. The van der Waals surface area contributed by atoms with Crippen LogP contribution < -0.4 is 9.64 Å². The van der Waals surface area contributed by atoms with E-state index in [0.29, 0.717) is 22.6 Å².